The van der Waals surface area contributed by atoms with Crippen LogP contribution in [0.25, 0.3) is 0 Å². The van der Waals surface area contributed by atoms with Crippen molar-refractivity contribution in [3.05, 3.63) is 0 Å². The second kappa shape index (κ2) is 33.8. The number of aliphatic hydroxyl groups excluding tert-OH is 21. The summed E-state index contributed by atoms with van der Waals surface area (Å²) >= 11 is 0. The fourth-order valence-corrected chi connectivity index (χ4v) is 12.5. The first kappa shape index (κ1) is 78.7. The molecule has 3 amide bonds. The van der Waals surface area contributed by atoms with Crippen molar-refractivity contribution in [1.29, 1.82) is 0 Å². The minimum Gasteiger partial charge on any atom is -0.394 e. The van der Waals surface area contributed by atoms with E-state index in [1.165, 1.54) is 13.8 Å². The molecule has 40 atom stereocenters. The van der Waals surface area contributed by atoms with E-state index in [-0.39, 0.29) is 0 Å². The molecule has 42 nitrogen and oxygen atoms in total. The molecule has 0 aromatic rings. The van der Waals surface area contributed by atoms with E-state index in [9.17, 15) is 122 Å². The molecular formula is C54H91N3O39. The summed E-state index contributed by atoms with van der Waals surface area (Å²) < 4.78 is 88.6. The Bertz CT molecular complexity index is 2470. The summed E-state index contributed by atoms with van der Waals surface area (Å²) in [5.41, 5.74) is 0. The Hall–Kier alpha value is -3.03. The first-order chi connectivity index (χ1) is 45.3. The lowest BCUT2D eigenvalue weighted by Crippen LogP contribution is -2.72. The minimum atomic E-state index is -2.39. The summed E-state index contributed by atoms with van der Waals surface area (Å²) in [4.78, 5) is 38.7. The average Bonchev–Trinajstić information content (AvgIpc) is 0.768. The average molecular weight is 1410 g/mol. The molecule has 0 aromatic carbocycles. The maximum absolute atomic E-state index is 13.4. The number of rotatable bonds is 23. The Morgan fingerprint density at radius 3 is 1.18 bits per heavy atom. The van der Waals surface area contributed by atoms with Crippen molar-refractivity contribution in [3.8, 4) is 0 Å². The van der Waals surface area contributed by atoms with Crippen LogP contribution in [0.15, 0.2) is 0 Å². The zero-order valence-corrected chi connectivity index (χ0v) is 52.1. The molecule has 8 saturated heterocycles. The molecule has 0 radical (unpaired) electrons. The predicted octanol–water partition coefficient (Wildman–Crippen LogP) is -16.0. The van der Waals surface area contributed by atoms with Crippen molar-refractivity contribution in [2.75, 3.05) is 39.6 Å². The number of nitrogens with one attached hydrogen (secondary N) is 3. The van der Waals surface area contributed by atoms with Crippen molar-refractivity contribution in [1.82, 2.24) is 16.0 Å². The van der Waals surface area contributed by atoms with Crippen LogP contribution >= 0.6 is 0 Å². The van der Waals surface area contributed by atoms with E-state index in [1.54, 1.807) is 0 Å². The number of aliphatic hydroxyl groups is 21. The number of carbonyl (C=O) groups is 3. The number of ether oxygens (including phenoxy) is 15. The second-order valence-electron chi connectivity index (χ2n) is 24.6. The van der Waals surface area contributed by atoms with Crippen LogP contribution in [0.2, 0.25) is 0 Å². The summed E-state index contributed by atoms with van der Waals surface area (Å²) in [5, 5.41) is 237. The molecule has 24 N–H and O–H groups in total. The fourth-order valence-electron chi connectivity index (χ4n) is 12.5. The van der Waals surface area contributed by atoms with Gasteiger partial charge in [-0.25, -0.2) is 0 Å². The smallest absolute Gasteiger partial charge is 0.217 e. The van der Waals surface area contributed by atoms with Gasteiger partial charge in [0.15, 0.2) is 50.3 Å². The van der Waals surface area contributed by atoms with E-state index in [0.717, 1.165) is 20.8 Å². The molecule has 8 rings (SSSR count). The largest absolute Gasteiger partial charge is 0.394 e. The van der Waals surface area contributed by atoms with E-state index in [0.29, 0.717) is 0 Å². The fraction of sp³-hybridized carbons (Fsp3) is 0.944. The SMILES string of the molecule is CC(=O)N[C@H]1[C@H](OC[C@H]2O[C@H](O)[C@@H](NC(C)=O)[C@@H](O[C@@H]3O[C@H](CO)[C@H](O)[C@H](O[C@@H]4O[C@H](CO)[C@@H](O[C@@H]5O[C@@H](C)[C@@H](O)[C@@H](O)[C@@H]5O)[C@H](O[C@@H]5O[C@H](CO)[C@H](O)[C@H](O)[C@H]5O[C@@H]5O[C@@H](C)[C@@H](O)[C@@H](O)[C@@H]5O)[C@H]4NC(C)=O)[C@H]3O)[C@H]2O)O[C@H](CO)[C@@H](O[C@@H]2O[C@H](CO)[C@H](O)[C@H](O)[C@H]2O)[C@@H]1O. The molecule has 0 aliphatic carbocycles. The van der Waals surface area contributed by atoms with Gasteiger partial charge in [0.2, 0.25) is 17.7 Å². The van der Waals surface area contributed by atoms with Crippen LogP contribution in [0.1, 0.15) is 34.6 Å². The highest BCUT2D eigenvalue weighted by Gasteiger charge is 2.60. The molecule has 8 heterocycles. The van der Waals surface area contributed by atoms with Gasteiger partial charge in [0.1, 0.15) is 183 Å². The minimum absolute atomic E-state index is 0.814. The van der Waals surface area contributed by atoms with Crippen molar-refractivity contribution in [3.63, 3.8) is 0 Å². The Morgan fingerprint density at radius 2 is 0.656 bits per heavy atom. The van der Waals surface area contributed by atoms with Gasteiger partial charge in [0.25, 0.3) is 0 Å². The van der Waals surface area contributed by atoms with Gasteiger partial charge in [0.05, 0.1) is 51.8 Å². The van der Waals surface area contributed by atoms with Crippen LogP contribution in [0.5, 0.6) is 0 Å². The Morgan fingerprint density at radius 1 is 0.292 bits per heavy atom. The quantitative estimate of drug-likeness (QED) is 0.0452. The Kier molecular flexibility index (Phi) is 27.7. The molecule has 42 heteroatoms. The predicted molar refractivity (Wildman–Crippen MR) is 296 cm³/mol. The molecule has 8 aliphatic heterocycles. The number of hydrogen-bond donors (Lipinski definition) is 24. The van der Waals surface area contributed by atoms with Gasteiger partial charge in [-0.05, 0) is 13.8 Å². The second-order valence-corrected chi connectivity index (χ2v) is 24.6. The molecule has 556 valence electrons. The molecule has 0 unspecified atom stereocenters. The normalized spacial score (nSPS) is 50.3. The Labute approximate surface area is 545 Å². The zero-order chi connectivity index (χ0) is 70.8. The third kappa shape index (κ3) is 17.0. The summed E-state index contributed by atoms with van der Waals surface area (Å²) in [6.45, 7) is -0.605. The monoisotopic (exact) mass is 1410 g/mol. The molecule has 0 saturated carbocycles. The van der Waals surface area contributed by atoms with Gasteiger partial charge in [-0.3, -0.25) is 14.4 Å². The molecule has 96 heavy (non-hydrogen) atoms. The van der Waals surface area contributed by atoms with Crippen LogP contribution in [0.3, 0.4) is 0 Å². The maximum Gasteiger partial charge on any atom is 0.217 e. The highest BCUT2D eigenvalue weighted by molar-refractivity contribution is 5.74. The molecule has 0 aromatic heterocycles. The lowest BCUT2D eigenvalue weighted by Gasteiger charge is -2.52. The molecular weight excluding hydrogens is 1310 g/mol. The zero-order valence-electron chi connectivity index (χ0n) is 52.1. The lowest BCUT2D eigenvalue weighted by molar-refractivity contribution is -0.399. The van der Waals surface area contributed by atoms with Gasteiger partial charge in [-0.2, -0.15) is 0 Å². The van der Waals surface area contributed by atoms with Crippen LogP contribution in [-0.2, 0) is 85.4 Å². The molecule has 0 spiro atoms. The van der Waals surface area contributed by atoms with Crippen LogP contribution in [0.4, 0.5) is 0 Å². The van der Waals surface area contributed by atoms with Gasteiger partial charge in [-0.15, -0.1) is 0 Å². The van der Waals surface area contributed by atoms with Gasteiger partial charge in [0, 0.05) is 20.8 Å². The van der Waals surface area contributed by atoms with Crippen molar-refractivity contribution in [2.45, 2.75) is 280 Å². The summed E-state index contributed by atoms with van der Waals surface area (Å²) in [7, 11) is 0. The van der Waals surface area contributed by atoms with Crippen LogP contribution in [0, 0.1) is 0 Å². The molecule has 8 fully saturated rings. The Balaban J connectivity index is 1.08. The number of hydrogen-bond acceptors (Lipinski definition) is 39. The highest BCUT2D eigenvalue weighted by Crippen LogP contribution is 2.39. The summed E-state index contributed by atoms with van der Waals surface area (Å²) in [6, 6.07) is -5.48. The lowest BCUT2D eigenvalue weighted by atomic mass is 9.93. The highest BCUT2D eigenvalue weighted by atomic mass is 16.8. The maximum atomic E-state index is 13.4. The molecule has 0 bridgehead atoms. The standard InChI is InChI=1S/C54H91N3O39/c1-12-26(66)33(73)37(77)50(83-12)92-42-21(10-62)90-49(25(57-16(5)65)44(42)94-54-46(36(76)29(69)18(7-59)88-54)96-51-38(78)34(74)27(67)13(2)84-51)95-45-30(70)19(8-60)87-53(40(45)80)93-43-24(56-15(4)64)47(81)85-22(31(43)71)11-82-48-23(55-14(3)63)32(72)41(20(9-61)89-48)91-52-39(79)35(75)28(68)17(6-58)86-52/h12-13,17-54,58-62,66-81H,6-11H2,1-5H3,(H,55,63)(H,56,64)(H,57,65)/t12-,13-,17+,18+,19+,20+,21+,22+,23+,24-,25+,26+,27+,28-,29-,30-,31-,32+,33+,34+,35-,36-,37-,38-,39+,40+,41+,42+,43+,44+,45-,46+,47-,48+,49-,50-,51-,52-,53-,54-/m0/s1. The van der Waals surface area contributed by atoms with E-state index >= 15 is 0 Å². The van der Waals surface area contributed by atoms with E-state index < -0.39 is 303 Å². The summed E-state index contributed by atoms with van der Waals surface area (Å²) in [5.74, 6) is -2.66. The summed E-state index contributed by atoms with van der Waals surface area (Å²) in [6.07, 6.45) is -71.7. The number of amides is 3. The van der Waals surface area contributed by atoms with Gasteiger partial charge >= 0.3 is 0 Å². The first-order valence-electron chi connectivity index (χ1n) is 30.8. The third-order valence-electron chi connectivity index (χ3n) is 17.8. The third-order valence-corrected chi connectivity index (χ3v) is 17.8. The first-order valence-corrected chi connectivity index (χ1v) is 30.8. The number of carbonyl (C=O) groups excluding carboxylic acids is 3. The topological polar surface area (TPSA) is 651 Å². The van der Waals surface area contributed by atoms with Crippen molar-refractivity contribution in [2.24, 2.45) is 0 Å². The van der Waals surface area contributed by atoms with Crippen molar-refractivity contribution >= 4 is 17.7 Å². The van der Waals surface area contributed by atoms with Gasteiger partial charge in [-0.1, -0.05) is 0 Å². The van der Waals surface area contributed by atoms with E-state index in [4.69, 9.17) is 71.1 Å². The van der Waals surface area contributed by atoms with Crippen molar-refractivity contribution < 1.29 is 193 Å². The van der Waals surface area contributed by atoms with Crippen LogP contribution in [-0.4, -0.2) is 410 Å². The van der Waals surface area contributed by atoms with Crippen LogP contribution < -0.4 is 16.0 Å². The van der Waals surface area contributed by atoms with E-state index in [1.807, 2.05) is 0 Å². The molecule has 8 aliphatic rings. The van der Waals surface area contributed by atoms with Gasteiger partial charge < -0.3 is 194 Å². The van der Waals surface area contributed by atoms with E-state index in [2.05, 4.69) is 16.0 Å².